The monoisotopic (exact) mass is 291 g/mol. The molecule has 6 nitrogen and oxygen atoms in total. The van der Waals surface area contributed by atoms with E-state index in [2.05, 4.69) is 17.2 Å². The molecule has 0 saturated heterocycles. The average Bonchev–Trinajstić information content (AvgIpc) is 2.42. The molecule has 0 aliphatic carbocycles. The molecule has 0 saturated carbocycles. The van der Waals surface area contributed by atoms with Crippen LogP contribution in [0.3, 0.4) is 0 Å². The molecule has 0 aliphatic heterocycles. The van der Waals surface area contributed by atoms with Crippen LogP contribution in [0.15, 0.2) is 30.4 Å². The first-order chi connectivity index (χ1) is 9.90. The minimum Gasteiger partial charge on any atom is -0.487 e. The third-order valence-electron chi connectivity index (χ3n) is 2.53. The lowest BCUT2D eigenvalue weighted by atomic mass is 10.1. The average molecular weight is 291 g/mol. The summed E-state index contributed by atoms with van der Waals surface area (Å²) in [4.78, 5) is 22.7. The fraction of sp³-hybridized carbons (Fsp3) is 0.333. The fourth-order valence-electron chi connectivity index (χ4n) is 1.52. The number of carbonyl (C=O) groups is 2. The van der Waals surface area contributed by atoms with E-state index in [0.717, 1.165) is 5.57 Å². The minimum atomic E-state index is -0.250. The quantitative estimate of drug-likeness (QED) is 0.398. The Hall–Kier alpha value is -2.50. The molecular weight excluding hydrogens is 270 g/mol. The molecule has 0 radical (unpaired) electrons. The van der Waals surface area contributed by atoms with Crippen LogP contribution < -0.4 is 21.1 Å². The predicted molar refractivity (Wildman–Crippen MR) is 82.2 cm³/mol. The Morgan fingerprint density at radius 2 is 1.90 bits per heavy atom. The van der Waals surface area contributed by atoms with E-state index in [0.29, 0.717) is 36.7 Å². The summed E-state index contributed by atoms with van der Waals surface area (Å²) >= 11 is 0. The van der Waals surface area contributed by atoms with Gasteiger partial charge in [0.05, 0.1) is 5.69 Å². The van der Waals surface area contributed by atoms with Crippen molar-refractivity contribution in [1.29, 1.82) is 0 Å². The number of nitrogens with two attached hydrogens (primary N) is 1. The number of benzene rings is 1. The highest BCUT2D eigenvalue weighted by Gasteiger charge is 2.09. The number of carbonyl (C=O) groups excluding carboxylic acids is 2. The maximum absolute atomic E-state index is 12.0. The first kappa shape index (κ1) is 16.6. The number of ether oxygens (including phenoxy) is 1. The number of amides is 2. The van der Waals surface area contributed by atoms with Crippen molar-refractivity contribution in [1.82, 2.24) is 10.6 Å². The molecule has 1 aromatic rings. The van der Waals surface area contributed by atoms with Crippen LogP contribution in [0.1, 0.15) is 24.2 Å². The fourth-order valence-corrected chi connectivity index (χ4v) is 1.52. The lowest BCUT2D eigenvalue weighted by Crippen LogP contribution is -2.33. The Labute approximate surface area is 124 Å². The van der Waals surface area contributed by atoms with E-state index < -0.39 is 0 Å². The standard InChI is InChI=1S/C15H21N3O3/c1-10(2)9-21-14-8-12(4-5-13(14)16)15(20)18-7-6-17-11(3)19/h4-5,8H,1,6-7,9,16H2,2-3H3,(H,17,19)(H,18,20). The van der Waals surface area contributed by atoms with Crippen LogP contribution in [0.5, 0.6) is 5.75 Å². The third-order valence-corrected chi connectivity index (χ3v) is 2.53. The summed E-state index contributed by atoms with van der Waals surface area (Å²) in [7, 11) is 0. The summed E-state index contributed by atoms with van der Waals surface area (Å²) in [6.45, 7) is 8.09. The van der Waals surface area contributed by atoms with Gasteiger partial charge in [0.2, 0.25) is 5.91 Å². The van der Waals surface area contributed by atoms with Crippen molar-refractivity contribution < 1.29 is 14.3 Å². The Balaban J connectivity index is 2.61. The first-order valence-corrected chi connectivity index (χ1v) is 6.59. The molecule has 0 aromatic heterocycles. The van der Waals surface area contributed by atoms with Gasteiger partial charge in [-0.1, -0.05) is 6.58 Å². The Morgan fingerprint density at radius 1 is 1.24 bits per heavy atom. The summed E-state index contributed by atoms with van der Waals surface area (Å²) in [5, 5.41) is 5.30. The number of rotatable bonds is 7. The predicted octanol–water partition coefficient (Wildman–Crippen LogP) is 1.09. The van der Waals surface area contributed by atoms with Gasteiger partial charge in [0.25, 0.3) is 5.91 Å². The van der Waals surface area contributed by atoms with Crippen LogP contribution in [0.25, 0.3) is 0 Å². The Morgan fingerprint density at radius 3 is 2.52 bits per heavy atom. The van der Waals surface area contributed by atoms with E-state index in [9.17, 15) is 9.59 Å². The third kappa shape index (κ3) is 5.99. The van der Waals surface area contributed by atoms with Crippen molar-refractivity contribution >= 4 is 17.5 Å². The molecule has 0 heterocycles. The van der Waals surface area contributed by atoms with Crippen LogP contribution in [-0.4, -0.2) is 31.5 Å². The molecule has 0 atom stereocenters. The summed E-state index contributed by atoms with van der Waals surface area (Å²) in [6.07, 6.45) is 0. The second-order valence-electron chi connectivity index (χ2n) is 4.74. The smallest absolute Gasteiger partial charge is 0.251 e. The van der Waals surface area contributed by atoms with Gasteiger partial charge in [-0.25, -0.2) is 0 Å². The second kappa shape index (κ2) is 7.94. The first-order valence-electron chi connectivity index (χ1n) is 6.59. The highest BCUT2D eigenvalue weighted by Crippen LogP contribution is 2.23. The highest BCUT2D eigenvalue weighted by atomic mass is 16.5. The Bertz CT molecular complexity index is 541. The zero-order chi connectivity index (χ0) is 15.8. The largest absolute Gasteiger partial charge is 0.487 e. The van der Waals surface area contributed by atoms with Crippen molar-refractivity contribution in [2.24, 2.45) is 0 Å². The maximum atomic E-state index is 12.0. The van der Waals surface area contributed by atoms with E-state index in [1.54, 1.807) is 18.2 Å². The van der Waals surface area contributed by atoms with E-state index >= 15 is 0 Å². The van der Waals surface area contributed by atoms with Crippen molar-refractivity contribution in [3.63, 3.8) is 0 Å². The lowest BCUT2D eigenvalue weighted by Gasteiger charge is -2.11. The zero-order valence-corrected chi connectivity index (χ0v) is 12.4. The number of anilines is 1. The van der Waals surface area contributed by atoms with Crippen molar-refractivity contribution in [2.75, 3.05) is 25.4 Å². The van der Waals surface area contributed by atoms with Gasteiger partial charge in [-0.15, -0.1) is 0 Å². The van der Waals surface area contributed by atoms with Crippen LogP contribution in [0.2, 0.25) is 0 Å². The maximum Gasteiger partial charge on any atom is 0.251 e. The van der Waals surface area contributed by atoms with Crippen LogP contribution >= 0.6 is 0 Å². The highest BCUT2D eigenvalue weighted by molar-refractivity contribution is 5.95. The van der Waals surface area contributed by atoms with Gasteiger partial charge in [-0.3, -0.25) is 9.59 Å². The van der Waals surface area contributed by atoms with Crippen LogP contribution in [0.4, 0.5) is 5.69 Å². The molecule has 1 rings (SSSR count). The minimum absolute atomic E-state index is 0.132. The summed E-state index contributed by atoms with van der Waals surface area (Å²) < 4.78 is 5.48. The van der Waals surface area contributed by atoms with E-state index in [4.69, 9.17) is 10.5 Å². The van der Waals surface area contributed by atoms with Crippen LogP contribution in [-0.2, 0) is 4.79 Å². The Kier molecular flexibility index (Phi) is 6.26. The molecule has 0 fully saturated rings. The molecule has 0 spiro atoms. The molecule has 6 heteroatoms. The molecular formula is C15H21N3O3. The molecule has 114 valence electrons. The van der Waals surface area contributed by atoms with Gasteiger partial charge in [-0.2, -0.15) is 0 Å². The molecule has 0 unspecified atom stereocenters. The number of nitrogen functional groups attached to an aromatic ring is 1. The lowest BCUT2D eigenvalue weighted by molar-refractivity contribution is -0.118. The molecule has 21 heavy (non-hydrogen) atoms. The SMILES string of the molecule is C=C(C)COc1cc(C(=O)NCCNC(C)=O)ccc1N. The molecule has 4 N–H and O–H groups in total. The van der Waals surface area contributed by atoms with Gasteiger partial charge in [0.15, 0.2) is 0 Å². The number of hydrogen-bond donors (Lipinski definition) is 3. The van der Waals surface area contributed by atoms with Crippen LogP contribution in [0, 0.1) is 0 Å². The molecule has 0 aliphatic rings. The topological polar surface area (TPSA) is 93.5 Å². The van der Waals surface area contributed by atoms with Crippen molar-refractivity contribution in [2.45, 2.75) is 13.8 Å². The summed E-state index contributed by atoms with van der Waals surface area (Å²) in [5.41, 5.74) is 7.57. The van der Waals surface area contributed by atoms with Gasteiger partial charge < -0.3 is 21.1 Å². The summed E-state index contributed by atoms with van der Waals surface area (Å²) in [5.74, 6) is 0.0697. The molecule has 1 aromatic carbocycles. The van der Waals surface area contributed by atoms with Crippen molar-refractivity contribution in [3.8, 4) is 5.75 Å². The normalized spacial score (nSPS) is 9.81. The molecule has 2 amide bonds. The van der Waals surface area contributed by atoms with E-state index in [-0.39, 0.29) is 11.8 Å². The number of hydrogen-bond acceptors (Lipinski definition) is 4. The van der Waals surface area contributed by atoms with Gasteiger partial charge in [0, 0.05) is 25.6 Å². The van der Waals surface area contributed by atoms with Gasteiger partial charge in [-0.05, 0) is 30.7 Å². The zero-order valence-electron chi connectivity index (χ0n) is 12.4. The molecule has 0 bridgehead atoms. The van der Waals surface area contributed by atoms with E-state index in [1.165, 1.54) is 6.92 Å². The van der Waals surface area contributed by atoms with Crippen molar-refractivity contribution in [3.05, 3.63) is 35.9 Å². The number of nitrogens with one attached hydrogen (secondary N) is 2. The second-order valence-corrected chi connectivity index (χ2v) is 4.74. The van der Waals surface area contributed by atoms with E-state index in [1.807, 2.05) is 6.92 Å². The van der Waals surface area contributed by atoms with Gasteiger partial charge in [0.1, 0.15) is 12.4 Å². The van der Waals surface area contributed by atoms with Gasteiger partial charge >= 0.3 is 0 Å². The summed E-state index contributed by atoms with van der Waals surface area (Å²) in [6, 6.07) is 4.83.